The van der Waals surface area contributed by atoms with Crippen LogP contribution >= 0.6 is 11.8 Å². The second kappa shape index (κ2) is 9.60. The lowest BCUT2D eigenvalue weighted by Crippen LogP contribution is -2.53. The molecule has 0 bridgehead atoms. The summed E-state index contributed by atoms with van der Waals surface area (Å²) in [5.74, 6) is 1.39. The first-order chi connectivity index (χ1) is 9.56. The van der Waals surface area contributed by atoms with Gasteiger partial charge in [-0.05, 0) is 24.3 Å². The minimum absolute atomic E-state index is 0.0297. The standard InChI is InChI=1S/C14H29N3O2S/c1-11(2)13(17-5-7-19-8-6-17)10-16-14(18)12(15)4-9-20-3/h11-13H,4-10,15H2,1-3H3,(H,16,18). The number of nitrogens with two attached hydrogens (primary N) is 1. The van der Waals surface area contributed by atoms with E-state index in [0.29, 0.717) is 18.5 Å². The van der Waals surface area contributed by atoms with Crippen molar-refractivity contribution in [3.8, 4) is 0 Å². The molecule has 0 spiro atoms. The van der Waals surface area contributed by atoms with Crippen LogP contribution in [0.5, 0.6) is 0 Å². The van der Waals surface area contributed by atoms with Gasteiger partial charge in [-0.3, -0.25) is 9.69 Å². The van der Waals surface area contributed by atoms with E-state index >= 15 is 0 Å². The van der Waals surface area contributed by atoms with Crippen LogP contribution in [0.2, 0.25) is 0 Å². The molecule has 2 unspecified atom stereocenters. The van der Waals surface area contributed by atoms with Crippen LogP contribution in [-0.4, -0.2) is 67.7 Å². The number of morpholine rings is 1. The zero-order chi connectivity index (χ0) is 15.0. The minimum atomic E-state index is -0.389. The monoisotopic (exact) mass is 303 g/mol. The molecule has 2 atom stereocenters. The third kappa shape index (κ3) is 5.99. The Hall–Kier alpha value is -0.300. The number of nitrogens with one attached hydrogen (secondary N) is 1. The van der Waals surface area contributed by atoms with Crippen LogP contribution in [0.15, 0.2) is 0 Å². The van der Waals surface area contributed by atoms with Crippen LogP contribution in [0, 0.1) is 5.92 Å². The molecule has 0 radical (unpaired) electrons. The van der Waals surface area contributed by atoms with Crippen LogP contribution in [0.3, 0.4) is 0 Å². The van der Waals surface area contributed by atoms with E-state index in [0.717, 1.165) is 38.5 Å². The lowest BCUT2D eigenvalue weighted by molar-refractivity contribution is -0.122. The molecule has 3 N–H and O–H groups in total. The van der Waals surface area contributed by atoms with Gasteiger partial charge in [0.25, 0.3) is 0 Å². The van der Waals surface area contributed by atoms with Crippen molar-refractivity contribution in [1.82, 2.24) is 10.2 Å². The van der Waals surface area contributed by atoms with Gasteiger partial charge in [0.1, 0.15) is 0 Å². The predicted molar refractivity (Wildman–Crippen MR) is 85.0 cm³/mol. The fourth-order valence-electron chi connectivity index (χ4n) is 2.41. The Balaban J connectivity index is 2.39. The fraction of sp³-hybridized carbons (Fsp3) is 0.929. The van der Waals surface area contributed by atoms with E-state index in [1.807, 2.05) is 6.26 Å². The van der Waals surface area contributed by atoms with Crippen molar-refractivity contribution in [1.29, 1.82) is 0 Å². The number of carbonyl (C=O) groups excluding carboxylic acids is 1. The molecule has 0 aromatic heterocycles. The molecule has 1 aliphatic heterocycles. The summed E-state index contributed by atoms with van der Waals surface area (Å²) >= 11 is 1.72. The van der Waals surface area contributed by atoms with E-state index in [4.69, 9.17) is 10.5 Å². The normalized spacial score (nSPS) is 19.9. The van der Waals surface area contributed by atoms with Crippen LogP contribution in [0.1, 0.15) is 20.3 Å². The molecule has 1 aliphatic rings. The van der Waals surface area contributed by atoms with Crippen molar-refractivity contribution < 1.29 is 9.53 Å². The van der Waals surface area contributed by atoms with Crippen LogP contribution < -0.4 is 11.1 Å². The Morgan fingerprint density at radius 1 is 1.40 bits per heavy atom. The average Bonchev–Trinajstić information content (AvgIpc) is 2.45. The van der Waals surface area contributed by atoms with Crippen molar-refractivity contribution in [3.05, 3.63) is 0 Å². The molecule has 0 aromatic carbocycles. The summed E-state index contributed by atoms with van der Waals surface area (Å²) in [5, 5.41) is 3.01. The topological polar surface area (TPSA) is 67.6 Å². The van der Waals surface area contributed by atoms with Gasteiger partial charge in [0.2, 0.25) is 5.91 Å². The maximum atomic E-state index is 12.0. The highest BCUT2D eigenvalue weighted by molar-refractivity contribution is 7.98. The van der Waals surface area contributed by atoms with E-state index in [-0.39, 0.29) is 11.9 Å². The Kier molecular flexibility index (Phi) is 8.52. The van der Waals surface area contributed by atoms with Crippen molar-refractivity contribution in [2.45, 2.75) is 32.4 Å². The average molecular weight is 303 g/mol. The highest BCUT2D eigenvalue weighted by atomic mass is 32.2. The fourth-order valence-corrected chi connectivity index (χ4v) is 2.90. The molecule has 0 aliphatic carbocycles. The van der Waals surface area contributed by atoms with E-state index in [9.17, 15) is 4.79 Å². The van der Waals surface area contributed by atoms with Gasteiger partial charge < -0.3 is 15.8 Å². The Morgan fingerprint density at radius 3 is 2.60 bits per heavy atom. The van der Waals surface area contributed by atoms with Crippen LogP contribution in [-0.2, 0) is 9.53 Å². The summed E-state index contributed by atoms with van der Waals surface area (Å²) in [6.45, 7) is 8.51. The molecule has 20 heavy (non-hydrogen) atoms. The molecular formula is C14H29N3O2S. The molecule has 0 aromatic rings. The SMILES string of the molecule is CSCCC(N)C(=O)NCC(C(C)C)N1CCOCC1. The van der Waals surface area contributed by atoms with Gasteiger partial charge in [-0.2, -0.15) is 11.8 Å². The number of amides is 1. The van der Waals surface area contributed by atoms with E-state index in [2.05, 4.69) is 24.1 Å². The molecule has 0 saturated carbocycles. The van der Waals surface area contributed by atoms with Crippen molar-refractivity contribution in [2.75, 3.05) is 44.9 Å². The molecule has 118 valence electrons. The number of rotatable bonds is 8. The zero-order valence-corrected chi connectivity index (χ0v) is 13.7. The number of hydrogen-bond donors (Lipinski definition) is 2. The molecule has 1 fully saturated rings. The first-order valence-corrected chi connectivity index (χ1v) is 8.79. The highest BCUT2D eigenvalue weighted by Gasteiger charge is 2.24. The van der Waals surface area contributed by atoms with E-state index in [1.165, 1.54) is 0 Å². The summed E-state index contributed by atoms with van der Waals surface area (Å²) in [7, 11) is 0. The lowest BCUT2D eigenvalue weighted by Gasteiger charge is -2.37. The van der Waals surface area contributed by atoms with Gasteiger partial charge >= 0.3 is 0 Å². The number of hydrogen-bond acceptors (Lipinski definition) is 5. The van der Waals surface area contributed by atoms with Crippen LogP contribution in [0.25, 0.3) is 0 Å². The quantitative estimate of drug-likeness (QED) is 0.685. The third-order valence-corrected chi connectivity index (χ3v) is 4.38. The Bertz CT molecular complexity index is 284. The van der Waals surface area contributed by atoms with Gasteiger partial charge in [0.15, 0.2) is 0 Å². The second-order valence-electron chi connectivity index (χ2n) is 5.59. The Labute approximate surface area is 127 Å². The summed E-state index contributed by atoms with van der Waals surface area (Å²) < 4.78 is 5.39. The van der Waals surface area contributed by atoms with Gasteiger partial charge in [-0.15, -0.1) is 0 Å². The number of carbonyl (C=O) groups is 1. The maximum Gasteiger partial charge on any atom is 0.237 e. The van der Waals surface area contributed by atoms with E-state index < -0.39 is 0 Å². The van der Waals surface area contributed by atoms with Crippen molar-refractivity contribution in [3.63, 3.8) is 0 Å². The zero-order valence-electron chi connectivity index (χ0n) is 12.9. The summed E-state index contributed by atoms with van der Waals surface area (Å²) in [6, 6.07) is -0.0319. The molecule has 5 nitrogen and oxygen atoms in total. The predicted octanol–water partition coefficient (Wildman–Crippen LogP) is 0.540. The van der Waals surface area contributed by atoms with Crippen molar-refractivity contribution >= 4 is 17.7 Å². The van der Waals surface area contributed by atoms with E-state index in [1.54, 1.807) is 11.8 Å². The highest BCUT2D eigenvalue weighted by Crippen LogP contribution is 2.12. The molecule has 1 rings (SSSR count). The van der Waals surface area contributed by atoms with Gasteiger partial charge in [-0.25, -0.2) is 0 Å². The largest absolute Gasteiger partial charge is 0.379 e. The van der Waals surface area contributed by atoms with Gasteiger partial charge in [0, 0.05) is 25.7 Å². The van der Waals surface area contributed by atoms with Gasteiger partial charge in [-0.1, -0.05) is 13.8 Å². The number of thioether (sulfide) groups is 1. The third-order valence-electron chi connectivity index (χ3n) is 3.74. The van der Waals surface area contributed by atoms with Crippen molar-refractivity contribution in [2.24, 2.45) is 11.7 Å². The van der Waals surface area contributed by atoms with Gasteiger partial charge in [0.05, 0.1) is 19.3 Å². The van der Waals surface area contributed by atoms with Crippen LogP contribution in [0.4, 0.5) is 0 Å². The molecule has 1 amide bonds. The summed E-state index contributed by atoms with van der Waals surface area (Å²) in [5.41, 5.74) is 5.89. The first kappa shape index (κ1) is 17.8. The summed E-state index contributed by atoms with van der Waals surface area (Å²) in [4.78, 5) is 14.4. The Morgan fingerprint density at radius 2 is 2.05 bits per heavy atom. The molecule has 6 heteroatoms. The molecule has 1 saturated heterocycles. The molecular weight excluding hydrogens is 274 g/mol. The molecule has 1 heterocycles. The second-order valence-corrected chi connectivity index (χ2v) is 6.58. The summed E-state index contributed by atoms with van der Waals surface area (Å²) in [6.07, 6.45) is 2.76. The minimum Gasteiger partial charge on any atom is -0.379 e. The number of ether oxygens (including phenoxy) is 1. The smallest absolute Gasteiger partial charge is 0.237 e. The number of nitrogens with zero attached hydrogens (tertiary/aromatic N) is 1. The lowest BCUT2D eigenvalue weighted by atomic mass is 10.0. The maximum absolute atomic E-state index is 12.0. The first-order valence-electron chi connectivity index (χ1n) is 7.40.